The summed E-state index contributed by atoms with van der Waals surface area (Å²) in [6.07, 6.45) is 0. The Morgan fingerprint density at radius 2 is 0.705 bits per heavy atom. The molecule has 0 aliphatic rings. The largest absolute Gasteiger partial charge is 0.310 e. The average molecular weight is 782 g/mol. The zero-order valence-corrected chi connectivity index (χ0v) is 34.2. The van der Waals surface area contributed by atoms with Gasteiger partial charge in [0.25, 0.3) is 0 Å². The molecule has 3 heteroatoms. The smallest absolute Gasteiger partial charge is 0.0568 e. The van der Waals surface area contributed by atoms with Crippen LogP contribution in [0.5, 0.6) is 0 Å². The van der Waals surface area contributed by atoms with Crippen LogP contribution in [-0.2, 0) is 0 Å². The van der Waals surface area contributed by atoms with Gasteiger partial charge in [0.2, 0.25) is 0 Å². The Morgan fingerprint density at radius 1 is 0.311 bits per heavy atom. The lowest BCUT2D eigenvalue weighted by Crippen LogP contribution is -2.11. The van der Waals surface area contributed by atoms with E-state index in [0.29, 0.717) is 0 Å². The van der Waals surface area contributed by atoms with Gasteiger partial charge < -0.3 is 14.4 Å². The van der Waals surface area contributed by atoms with Crippen molar-refractivity contribution in [2.45, 2.75) is 13.8 Å². The van der Waals surface area contributed by atoms with E-state index in [-0.39, 0.29) is 0 Å². The highest BCUT2D eigenvalue weighted by molar-refractivity contribution is 6.32. The third kappa shape index (κ3) is 6.30. The number of fused-ring (bicyclic) bond motifs is 7. The standard InChI is InChI=1S/C58H43N3/c1-40-19-16-28-46(35-40)59(44-24-8-4-9-25-44)53-38-55-57(51-33-14-12-31-49(51)53)58-52-34-15-13-32-50(52)54(60(45-26-10-5-11-27-45)47-29-17-20-41(2)36-47)39-56(58)61(55)48-30-18-23-43(37-48)42-21-6-3-7-22-42/h3-39H,1-2H3. The Morgan fingerprint density at radius 3 is 1.18 bits per heavy atom. The number of rotatable bonds is 8. The summed E-state index contributed by atoms with van der Waals surface area (Å²) >= 11 is 0. The molecule has 0 radical (unpaired) electrons. The molecule has 0 aliphatic heterocycles. The molecule has 11 rings (SSSR count). The van der Waals surface area contributed by atoms with E-state index in [4.69, 9.17) is 0 Å². The summed E-state index contributed by atoms with van der Waals surface area (Å²) in [5.74, 6) is 0. The first-order valence-corrected chi connectivity index (χ1v) is 21.0. The van der Waals surface area contributed by atoms with Crippen molar-refractivity contribution in [1.29, 1.82) is 0 Å². The molecule has 0 aliphatic carbocycles. The molecule has 11 aromatic rings. The van der Waals surface area contributed by atoms with Crippen LogP contribution in [0.15, 0.2) is 224 Å². The molecule has 0 saturated carbocycles. The summed E-state index contributed by atoms with van der Waals surface area (Å²) in [4.78, 5) is 4.85. The number of aromatic nitrogens is 1. The van der Waals surface area contributed by atoms with Gasteiger partial charge in [-0.2, -0.15) is 0 Å². The summed E-state index contributed by atoms with van der Waals surface area (Å²) in [7, 11) is 0. The van der Waals surface area contributed by atoms with Crippen molar-refractivity contribution < 1.29 is 0 Å². The van der Waals surface area contributed by atoms with E-state index in [1.54, 1.807) is 0 Å². The lowest BCUT2D eigenvalue weighted by molar-refractivity contribution is 1.18. The van der Waals surface area contributed by atoms with Gasteiger partial charge in [-0.25, -0.2) is 0 Å². The lowest BCUT2D eigenvalue weighted by atomic mass is 9.96. The van der Waals surface area contributed by atoms with Gasteiger partial charge in [-0.05, 0) is 120 Å². The topological polar surface area (TPSA) is 11.4 Å². The van der Waals surface area contributed by atoms with Gasteiger partial charge in [0.15, 0.2) is 0 Å². The Bertz CT molecular complexity index is 3200. The maximum absolute atomic E-state index is 2.52. The van der Waals surface area contributed by atoms with Crippen LogP contribution in [0.1, 0.15) is 11.1 Å². The zero-order chi connectivity index (χ0) is 40.9. The van der Waals surface area contributed by atoms with Gasteiger partial charge in [-0.15, -0.1) is 0 Å². The van der Waals surface area contributed by atoms with Crippen LogP contribution in [0.4, 0.5) is 34.1 Å². The molecule has 1 aromatic heterocycles. The van der Waals surface area contributed by atoms with Crippen LogP contribution in [0.2, 0.25) is 0 Å². The monoisotopic (exact) mass is 781 g/mol. The molecule has 290 valence electrons. The summed E-state index contributed by atoms with van der Waals surface area (Å²) in [6.45, 7) is 4.34. The molecule has 0 unspecified atom stereocenters. The minimum absolute atomic E-state index is 1.10. The molecule has 0 spiro atoms. The van der Waals surface area contributed by atoms with Crippen LogP contribution in [0, 0.1) is 13.8 Å². The maximum Gasteiger partial charge on any atom is 0.0568 e. The highest BCUT2D eigenvalue weighted by Crippen LogP contribution is 2.50. The van der Waals surface area contributed by atoms with Crippen molar-refractivity contribution >= 4 is 77.5 Å². The molecule has 0 bridgehead atoms. The van der Waals surface area contributed by atoms with E-state index in [0.717, 1.165) is 50.8 Å². The van der Waals surface area contributed by atoms with Crippen molar-refractivity contribution in [1.82, 2.24) is 4.57 Å². The zero-order valence-electron chi connectivity index (χ0n) is 34.2. The molecule has 1 heterocycles. The van der Waals surface area contributed by atoms with Gasteiger partial charge >= 0.3 is 0 Å². The van der Waals surface area contributed by atoms with Crippen LogP contribution in [-0.4, -0.2) is 4.57 Å². The van der Waals surface area contributed by atoms with E-state index in [9.17, 15) is 0 Å². The van der Waals surface area contributed by atoms with Gasteiger partial charge in [-0.3, -0.25) is 0 Å². The van der Waals surface area contributed by atoms with Crippen molar-refractivity contribution in [2.24, 2.45) is 0 Å². The van der Waals surface area contributed by atoms with Crippen LogP contribution in [0.25, 0.3) is 60.2 Å². The first-order valence-electron chi connectivity index (χ1n) is 21.0. The second-order valence-corrected chi connectivity index (χ2v) is 15.9. The van der Waals surface area contributed by atoms with Crippen molar-refractivity contribution in [3.63, 3.8) is 0 Å². The Balaban J connectivity index is 1.32. The predicted molar refractivity (Wildman–Crippen MR) is 260 cm³/mol. The van der Waals surface area contributed by atoms with E-state index < -0.39 is 0 Å². The highest BCUT2D eigenvalue weighted by atomic mass is 15.2. The molecule has 0 atom stereocenters. The number of anilines is 6. The molecule has 61 heavy (non-hydrogen) atoms. The Labute approximate surface area is 356 Å². The van der Waals surface area contributed by atoms with Crippen molar-refractivity contribution in [3.05, 3.63) is 236 Å². The minimum atomic E-state index is 1.10. The molecule has 0 fully saturated rings. The first kappa shape index (κ1) is 36.2. The minimum Gasteiger partial charge on any atom is -0.310 e. The summed E-state index contributed by atoms with van der Waals surface area (Å²) in [5.41, 5.74) is 14.9. The van der Waals surface area contributed by atoms with Crippen LogP contribution >= 0.6 is 0 Å². The van der Waals surface area contributed by atoms with Gasteiger partial charge in [0, 0.05) is 50.0 Å². The molecule has 0 N–H and O–H groups in total. The quantitative estimate of drug-likeness (QED) is 0.152. The van der Waals surface area contributed by atoms with E-state index in [1.165, 1.54) is 54.6 Å². The number of hydrogen-bond donors (Lipinski definition) is 0. The van der Waals surface area contributed by atoms with E-state index in [1.807, 2.05) is 0 Å². The second-order valence-electron chi connectivity index (χ2n) is 15.9. The average Bonchev–Trinajstić information content (AvgIpc) is 3.65. The number of para-hydroxylation sites is 2. The maximum atomic E-state index is 2.52. The second kappa shape index (κ2) is 15.1. The fourth-order valence-corrected chi connectivity index (χ4v) is 9.34. The fraction of sp³-hybridized carbons (Fsp3) is 0.0345. The van der Waals surface area contributed by atoms with Crippen molar-refractivity contribution in [3.8, 4) is 16.8 Å². The molecule has 10 aromatic carbocycles. The Kier molecular flexibility index (Phi) is 8.94. The van der Waals surface area contributed by atoms with Gasteiger partial charge in [0.1, 0.15) is 0 Å². The number of nitrogens with zero attached hydrogens (tertiary/aromatic N) is 3. The normalized spacial score (nSPS) is 11.4. The first-order chi connectivity index (χ1) is 30.1. The summed E-state index contributed by atoms with van der Waals surface area (Å²) < 4.78 is 2.52. The van der Waals surface area contributed by atoms with E-state index in [2.05, 4.69) is 253 Å². The number of aryl methyl sites for hydroxylation is 2. The highest BCUT2D eigenvalue weighted by Gasteiger charge is 2.26. The van der Waals surface area contributed by atoms with E-state index >= 15 is 0 Å². The molecule has 0 amide bonds. The van der Waals surface area contributed by atoms with Crippen LogP contribution in [0.3, 0.4) is 0 Å². The summed E-state index contributed by atoms with van der Waals surface area (Å²) in [6, 6.07) is 81.8. The van der Waals surface area contributed by atoms with Crippen molar-refractivity contribution in [2.75, 3.05) is 9.80 Å². The van der Waals surface area contributed by atoms with Gasteiger partial charge in [-0.1, -0.05) is 152 Å². The third-order valence-electron chi connectivity index (χ3n) is 12.0. The molecule has 0 saturated heterocycles. The fourth-order valence-electron chi connectivity index (χ4n) is 9.34. The number of hydrogen-bond acceptors (Lipinski definition) is 2. The third-order valence-corrected chi connectivity index (χ3v) is 12.0. The summed E-state index contributed by atoms with van der Waals surface area (Å²) in [5, 5.41) is 7.28. The molecular weight excluding hydrogens is 739 g/mol. The molecular formula is C58H43N3. The molecule has 3 nitrogen and oxygen atoms in total. The lowest BCUT2D eigenvalue weighted by Gasteiger charge is -2.27. The number of benzene rings is 10. The Hall–Kier alpha value is -7.88. The van der Waals surface area contributed by atoms with Crippen LogP contribution < -0.4 is 9.80 Å². The van der Waals surface area contributed by atoms with Gasteiger partial charge in [0.05, 0.1) is 22.4 Å². The predicted octanol–water partition coefficient (Wildman–Crippen LogP) is 16.3. The SMILES string of the molecule is Cc1cccc(N(c2ccccc2)c2cc3c(c4ccccc24)c2c4ccccc4c(N(c4ccccc4)c4cccc(C)c4)cc2n3-c2cccc(-c3ccccc3)c2)c1.